The van der Waals surface area contributed by atoms with Crippen LogP contribution in [0.4, 0.5) is 0 Å². The van der Waals surface area contributed by atoms with E-state index in [1.165, 1.54) is 25.7 Å². The first kappa shape index (κ1) is 20.2. The molecule has 3 heteroatoms. The molecular weight excluding hydrogens is 360 g/mol. The molecule has 3 unspecified atom stereocenters. The van der Waals surface area contributed by atoms with Crippen molar-refractivity contribution in [2.45, 2.75) is 104 Å². The van der Waals surface area contributed by atoms with Crippen LogP contribution in [-0.4, -0.2) is 22.3 Å². The summed E-state index contributed by atoms with van der Waals surface area (Å²) < 4.78 is 0. The fraction of sp³-hybridized carbons (Fsp3) is 0.923. The fourth-order valence-corrected chi connectivity index (χ4v) is 10.3. The van der Waals surface area contributed by atoms with E-state index in [1.54, 1.807) is 0 Å². The quantitative estimate of drug-likeness (QED) is 0.647. The molecule has 162 valence electrons. The van der Waals surface area contributed by atoms with E-state index in [-0.39, 0.29) is 27.9 Å². The van der Waals surface area contributed by atoms with Gasteiger partial charge in [-0.3, -0.25) is 9.59 Å². The van der Waals surface area contributed by atoms with E-state index in [0.717, 1.165) is 32.1 Å². The summed E-state index contributed by atoms with van der Waals surface area (Å²) in [6, 6.07) is 0. The molecule has 0 amide bonds. The van der Waals surface area contributed by atoms with Gasteiger partial charge in [0.2, 0.25) is 0 Å². The Morgan fingerprint density at radius 3 is 2.48 bits per heavy atom. The minimum atomic E-state index is -0.832. The van der Waals surface area contributed by atoms with Gasteiger partial charge in [-0.25, -0.2) is 0 Å². The Morgan fingerprint density at radius 2 is 1.76 bits per heavy atom. The van der Waals surface area contributed by atoms with E-state index in [1.807, 2.05) is 6.92 Å². The lowest BCUT2D eigenvalue weighted by atomic mass is 9.40. The molecule has 5 aliphatic rings. The Kier molecular flexibility index (Phi) is 4.30. The SMILES string of the molecule is CC(=O)C12CCCCC1C[C@H]1[C@@H]3CC(C)[C@@]4(O)CC(=O)CC[C@]4(C)[C@H]3CC[C@@]12C. The number of carbonyl (C=O) groups excluding carboxylic acids is 2. The van der Waals surface area contributed by atoms with E-state index in [0.29, 0.717) is 42.3 Å². The van der Waals surface area contributed by atoms with Crippen molar-refractivity contribution in [3.05, 3.63) is 0 Å². The average Bonchev–Trinajstić information content (AvgIpc) is 2.95. The Balaban J connectivity index is 1.56. The highest BCUT2D eigenvalue weighted by Crippen LogP contribution is 2.75. The zero-order valence-electron chi connectivity index (χ0n) is 18.9. The Morgan fingerprint density at radius 1 is 1.00 bits per heavy atom. The lowest BCUT2D eigenvalue weighted by molar-refractivity contribution is -0.230. The number of rotatable bonds is 1. The molecule has 5 fully saturated rings. The number of Topliss-reactive ketones (excluding diaryl/α,β-unsaturated/α-hetero) is 2. The average molecular weight is 401 g/mol. The standard InChI is InChI=1S/C26H40O3/c1-16-13-20-21(24(4)11-8-19(28)15-26(16,24)29)9-12-23(3)22(20)14-18-7-5-6-10-25(18,23)17(2)27/h16,18,20-22,29H,5-15H2,1-4H3/t16?,18?,20-,21+,22+,23+,24-,25?,26+/m1/s1. The summed E-state index contributed by atoms with van der Waals surface area (Å²) in [7, 11) is 0. The molecule has 9 atom stereocenters. The van der Waals surface area contributed by atoms with Crippen molar-refractivity contribution >= 4 is 11.6 Å². The molecule has 1 N–H and O–H groups in total. The molecule has 3 nitrogen and oxygen atoms in total. The van der Waals surface area contributed by atoms with Gasteiger partial charge in [-0.15, -0.1) is 0 Å². The van der Waals surface area contributed by atoms with Crippen LogP contribution in [0.3, 0.4) is 0 Å². The van der Waals surface area contributed by atoms with Crippen LogP contribution in [-0.2, 0) is 9.59 Å². The predicted molar refractivity (Wildman–Crippen MR) is 113 cm³/mol. The molecule has 0 bridgehead atoms. The largest absolute Gasteiger partial charge is 0.389 e. The smallest absolute Gasteiger partial charge is 0.136 e. The maximum absolute atomic E-state index is 13.2. The molecule has 5 aliphatic carbocycles. The summed E-state index contributed by atoms with van der Waals surface area (Å²) in [6.07, 6.45) is 11.2. The van der Waals surface area contributed by atoms with Gasteiger partial charge in [-0.2, -0.15) is 0 Å². The number of aliphatic hydroxyl groups is 1. The number of hydrogen-bond donors (Lipinski definition) is 1. The zero-order chi connectivity index (χ0) is 20.8. The van der Waals surface area contributed by atoms with Crippen molar-refractivity contribution in [3.63, 3.8) is 0 Å². The maximum Gasteiger partial charge on any atom is 0.136 e. The van der Waals surface area contributed by atoms with Crippen molar-refractivity contribution < 1.29 is 14.7 Å². The van der Waals surface area contributed by atoms with Crippen LogP contribution < -0.4 is 0 Å². The normalized spacial score (nSPS) is 56.7. The summed E-state index contributed by atoms with van der Waals surface area (Å²) in [4.78, 5) is 25.5. The van der Waals surface area contributed by atoms with E-state index >= 15 is 0 Å². The van der Waals surface area contributed by atoms with Crippen LogP contribution in [0.1, 0.15) is 98.3 Å². The highest BCUT2D eigenvalue weighted by Gasteiger charge is 2.71. The Labute approximate surface area is 176 Å². The number of fused-ring (bicyclic) bond motifs is 7. The number of hydrogen-bond acceptors (Lipinski definition) is 3. The third-order valence-electron chi connectivity index (χ3n) is 11.7. The van der Waals surface area contributed by atoms with Gasteiger partial charge in [0.25, 0.3) is 0 Å². The molecule has 0 spiro atoms. The second-order valence-electron chi connectivity index (χ2n) is 12.2. The third-order valence-corrected chi connectivity index (χ3v) is 11.7. The summed E-state index contributed by atoms with van der Waals surface area (Å²) in [6.45, 7) is 8.85. The van der Waals surface area contributed by atoms with Gasteiger partial charge < -0.3 is 5.11 Å². The van der Waals surface area contributed by atoms with Crippen LogP contribution in [0.15, 0.2) is 0 Å². The second-order valence-corrected chi connectivity index (χ2v) is 12.2. The highest BCUT2D eigenvalue weighted by atomic mass is 16.3. The van der Waals surface area contributed by atoms with Crippen molar-refractivity contribution in [3.8, 4) is 0 Å². The van der Waals surface area contributed by atoms with Crippen LogP contribution in [0.25, 0.3) is 0 Å². The molecule has 29 heavy (non-hydrogen) atoms. The minimum absolute atomic E-state index is 0.0959. The Bertz CT molecular complexity index is 744. The number of ketones is 2. The first-order chi connectivity index (χ1) is 13.6. The molecule has 0 aliphatic heterocycles. The van der Waals surface area contributed by atoms with Crippen molar-refractivity contribution in [2.75, 3.05) is 0 Å². The third kappa shape index (κ3) is 2.24. The van der Waals surface area contributed by atoms with Crippen molar-refractivity contribution in [1.29, 1.82) is 0 Å². The van der Waals surface area contributed by atoms with Crippen molar-refractivity contribution in [2.24, 2.45) is 45.8 Å². The Hall–Kier alpha value is -0.700. The molecule has 0 radical (unpaired) electrons. The maximum atomic E-state index is 13.2. The van der Waals surface area contributed by atoms with Crippen LogP contribution in [0.2, 0.25) is 0 Å². The lowest BCUT2D eigenvalue weighted by Gasteiger charge is -2.66. The molecule has 0 aromatic carbocycles. The second kappa shape index (κ2) is 6.17. The lowest BCUT2D eigenvalue weighted by Crippen LogP contribution is -2.66. The number of carbonyl (C=O) groups is 2. The van der Waals surface area contributed by atoms with Gasteiger partial charge in [0.1, 0.15) is 11.6 Å². The molecule has 5 saturated carbocycles. The zero-order valence-corrected chi connectivity index (χ0v) is 18.9. The van der Waals surface area contributed by atoms with Crippen LogP contribution in [0, 0.1) is 45.8 Å². The monoisotopic (exact) mass is 400 g/mol. The first-order valence-electron chi connectivity index (χ1n) is 12.4. The summed E-state index contributed by atoms with van der Waals surface area (Å²) in [5.41, 5.74) is -0.953. The van der Waals surface area contributed by atoms with E-state index in [4.69, 9.17) is 0 Å². The molecule has 5 rings (SSSR count). The molecule has 0 heterocycles. The van der Waals surface area contributed by atoms with Gasteiger partial charge >= 0.3 is 0 Å². The summed E-state index contributed by atoms with van der Waals surface area (Å²) in [5.74, 6) is 3.15. The summed E-state index contributed by atoms with van der Waals surface area (Å²) >= 11 is 0. The highest BCUT2D eigenvalue weighted by molar-refractivity contribution is 5.84. The van der Waals surface area contributed by atoms with E-state index in [9.17, 15) is 14.7 Å². The van der Waals surface area contributed by atoms with Gasteiger partial charge in [0.15, 0.2) is 0 Å². The van der Waals surface area contributed by atoms with Gasteiger partial charge in [0.05, 0.1) is 5.60 Å². The topological polar surface area (TPSA) is 54.4 Å². The van der Waals surface area contributed by atoms with E-state index < -0.39 is 5.60 Å². The van der Waals surface area contributed by atoms with Crippen molar-refractivity contribution in [1.82, 2.24) is 0 Å². The van der Waals surface area contributed by atoms with Crippen LogP contribution >= 0.6 is 0 Å². The van der Waals surface area contributed by atoms with Gasteiger partial charge in [0, 0.05) is 23.7 Å². The predicted octanol–water partition coefficient (Wildman–Crippen LogP) is 5.33. The van der Waals surface area contributed by atoms with Gasteiger partial charge in [-0.1, -0.05) is 33.6 Å². The minimum Gasteiger partial charge on any atom is -0.389 e. The van der Waals surface area contributed by atoms with E-state index in [2.05, 4.69) is 20.8 Å². The molecule has 0 saturated heterocycles. The summed E-state index contributed by atoms with van der Waals surface area (Å²) in [5, 5.41) is 11.8. The molecule has 0 aromatic rings. The van der Waals surface area contributed by atoms with Gasteiger partial charge in [-0.05, 0) is 86.9 Å². The molecular formula is C26H40O3. The fourth-order valence-electron chi connectivity index (χ4n) is 10.3. The van der Waals surface area contributed by atoms with Crippen LogP contribution in [0.5, 0.6) is 0 Å². The molecule has 0 aromatic heterocycles. The first-order valence-corrected chi connectivity index (χ1v) is 12.4.